The van der Waals surface area contributed by atoms with Crippen LogP contribution in [-0.4, -0.2) is 4.98 Å². The van der Waals surface area contributed by atoms with Gasteiger partial charge < -0.3 is 0 Å². The summed E-state index contributed by atoms with van der Waals surface area (Å²) in [5.74, 6) is -0.660. The van der Waals surface area contributed by atoms with Gasteiger partial charge in [-0.2, -0.15) is 0 Å². The Morgan fingerprint density at radius 1 is 0.767 bits per heavy atom. The molecule has 0 bridgehead atoms. The Morgan fingerprint density at radius 3 is 2.17 bits per heavy atom. The summed E-state index contributed by atoms with van der Waals surface area (Å²) in [4.78, 5) is 5.91. The molecule has 2 aromatic heterocycles. The first-order valence-corrected chi connectivity index (χ1v) is 11.0. The van der Waals surface area contributed by atoms with Crippen LogP contribution >= 0.6 is 11.3 Å². The van der Waals surface area contributed by atoms with E-state index in [4.69, 9.17) is 1.37 Å². The number of thiophene rings is 1. The van der Waals surface area contributed by atoms with E-state index in [0.29, 0.717) is 0 Å². The Balaban J connectivity index is 1.74. The Labute approximate surface area is 183 Å². The Morgan fingerprint density at radius 2 is 1.47 bits per heavy atom. The molecule has 30 heavy (non-hydrogen) atoms. The molecule has 0 saturated heterocycles. The van der Waals surface area contributed by atoms with Gasteiger partial charge in [-0.15, -0.1) is 11.3 Å². The Kier molecular flexibility index (Phi) is 4.63. The zero-order valence-electron chi connectivity index (χ0n) is 18.1. The minimum Gasteiger partial charge on any atom is -0.256 e. The number of hydrogen-bond donors (Lipinski definition) is 0. The average molecular weight is 407 g/mol. The summed E-state index contributed by atoms with van der Waals surface area (Å²) in [7, 11) is 0. The van der Waals surface area contributed by atoms with Crippen LogP contribution in [0, 0.1) is 0 Å². The lowest BCUT2D eigenvalue weighted by Gasteiger charge is -2.10. The molecule has 1 nitrogen and oxygen atoms in total. The van der Waals surface area contributed by atoms with E-state index in [2.05, 4.69) is 83.8 Å². The van der Waals surface area contributed by atoms with Crippen LogP contribution in [0.25, 0.3) is 42.9 Å². The predicted molar refractivity (Wildman–Crippen MR) is 130 cm³/mol. The zero-order chi connectivity index (χ0) is 21.4. The SMILES string of the molecule is [2H]C(C)(C)c1ccnc(-c2cc(-c3ccccc3)c3sc(-c4ccccc4)cc3c2)c1. The van der Waals surface area contributed by atoms with Gasteiger partial charge in [0.1, 0.15) is 0 Å². The van der Waals surface area contributed by atoms with E-state index in [9.17, 15) is 0 Å². The largest absolute Gasteiger partial charge is 0.256 e. The van der Waals surface area contributed by atoms with Gasteiger partial charge in [0.2, 0.25) is 0 Å². The van der Waals surface area contributed by atoms with Crippen molar-refractivity contribution in [1.82, 2.24) is 4.98 Å². The van der Waals surface area contributed by atoms with Crippen molar-refractivity contribution in [3.05, 3.63) is 103 Å². The highest BCUT2D eigenvalue weighted by Gasteiger charge is 2.13. The summed E-state index contributed by atoms with van der Waals surface area (Å²) in [6, 6.07) is 31.8. The maximum atomic E-state index is 8.41. The van der Waals surface area contributed by atoms with Crippen molar-refractivity contribution in [3.63, 3.8) is 0 Å². The van der Waals surface area contributed by atoms with Gasteiger partial charge in [-0.05, 0) is 58.3 Å². The molecule has 0 aliphatic carbocycles. The van der Waals surface area contributed by atoms with E-state index in [0.717, 1.165) is 16.8 Å². The third-order valence-corrected chi connectivity index (χ3v) is 6.63. The lowest BCUT2D eigenvalue weighted by atomic mass is 9.97. The van der Waals surface area contributed by atoms with Crippen LogP contribution in [0.15, 0.2) is 97.2 Å². The van der Waals surface area contributed by atoms with Crippen molar-refractivity contribution in [2.24, 2.45) is 0 Å². The molecule has 0 unspecified atom stereocenters. The summed E-state index contributed by atoms with van der Waals surface area (Å²) in [6.07, 6.45) is 1.82. The van der Waals surface area contributed by atoms with Crippen LogP contribution in [-0.2, 0) is 0 Å². The predicted octanol–water partition coefficient (Wildman–Crippen LogP) is 8.42. The molecule has 2 heterocycles. The summed E-state index contributed by atoms with van der Waals surface area (Å²) in [5, 5.41) is 1.22. The fourth-order valence-electron chi connectivity index (χ4n) is 3.78. The summed E-state index contributed by atoms with van der Waals surface area (Å²) >= 11 is 1.83. The van der Waals surface area contributed by atoms with Crippen LogP contribution in [0.3, 0.4) is 0 Å². The topological polar surface area (TPSA) is 12.9 Å². The number of fused-ring (bicyclic) bond motifs is 1. The number of rotatable bonds is 4. The molecule has 5 aromatic rings. The molecule has 0 atom stereocenters. The molecule has 0 amide bonds. The van der Waals surface area contributed by atoms with Crippen molar-refractivity contribution in [2.75, 3.05) is 0 Å². The highest BCUT2D eigenvalue weighted by Crippen LogP contribution is 2.41. The summed E-state index contributed by atoms with van der Waals surface area (Å²) < 4.78 is 9.70. The third-order valence-electron chi connectivity index (χ3n) is 5.39. The molecular formula is C28H23NS. The van der Waals surface area contributed by atoms with Crippen molar-refractivity contribution in [2.45, 2.75) is 19.7 Å². The fourth-order valence-corrected chi connectivity index (χ4v) is 4.96. The average Bonchev–Trinajstić information content (AvgIpc) is 3.23. The molecule has 0 radical (unpaired) electrons. The van der Waals surface area contributed by atoms with Gasteiger partial charge in [-0.1, -0.05) is 74.5 Å². The van der Waals surface area contributed by atoms with Crippen LogP contribution in [0.2, 0.25) is 0 Å². The van der Waals surface area contributed by atoms with Gasteiger partial charge in [0.15, 0.2) is 0 Å². The highest BCUT2D eigenvalue weighted by molar-refractivity contribution is 7.22. The van der Waals surface area contributed by atoms with Crippen LogP contribution in [0.1, 0.15) is 26.7 Å². The number of hydrogen-bond acceptors (Lipinski definition) is 2. The highest BCUT2D eigenvalue weighted by atomic mass is 32.1. The number of pyridine rings is 1. The minimum absolute atomic E-state index is 0.660. The first-order valence-electron chi connectivity index (χ1n) is 10.6. The van der Waals surface area contributed by atoms with E-state index in [1.54, 1.807) is 0 Å². The van der Waals surface area contributed by atoms with Crippen LogP contribution in [0.4, 0.5) is 0 Å². The molecule has 0 N–H and O–H groups in total. The third kappa shape index (κ3) is 3.55. The molecule has 0 saturated carbocycles. The van der Waals surface area contributed by atoms with Gasteiger partial charge in [0.25, 0.3) is 0 Å². The molecular weight excluding hydrogens is 382 g/mol. The second-order valence-electron chi connectivity index (χ2n) is 7.71. The van der Waals surface area contributed by atoms with E-state index in [1.807, 2.05) is 43.5 Å². The van der Waals surface area contributed by atoms with E-state index >= 15 is 0 Å². The smallest absolute Gasteiger partial charge is 0.0705 e. The number of aromatic nitrogens is 1. The summed E-state index contributed by atoms with van der Waals surface area (Å²) in [6.45, 7) is 3.82. The quantitative estimate of drug-likeness (QED) is 0.292. The number of benzene rings is 3. The van der Waals surface area contributed by atoms with Crippen molar-refractivity contribution < 1.29 is 1.37 Å². The van der Waals surface area contributed by atoms with Crippen molar-refractivity contribution >= 4 is 21.4 Å². The standard InChI is InChI=1S/C28H23NS/c1-19(2)22-13-14-29-26(17-22)23-15-24-18-27(21-11-7-4-8-12-21)30-28(24)25(16-23)20-9-5-3-6-10-20/h3-19H,1-2H3/i19D. The van der Waals surface area contributed by atoms with Gasteiger partial charge in [-0.3, -0.25) is 4.98 Å². The molecule has 3 aromatic carbocycles. The Bertz CT molecular complexity index is 1350. The molecule has 0 spiro atoms. The van der Waals surface area contributed by atoms with E-state index in [1.165, 1.54) is 31.7 Å². The van der Waals surface area contributed by atoms with Gasteiger partial charge in [0, 0.05) is 28.3 Å². The second kappa shape index (κ2) is 7.89. The minimum atomic E-state index is -0.660. The first kappa shape index (κ1) is 17.6. The normalized spacial score (nSPS) is 12.1. The lowest BCUT2D eigenvalue weighted by Crippen LogP contribution is -1.91. The molecule has 146 valence electrons. The molecule has 0 aliphatic rings. The zero-order valence-corrected chi connectivity index (χ0v) is 17.9. The second-order valence-corrected chi connectivity index (χ2v) is 8.77. The van der Waals surface area contributed by atoms with Gasteiger partial charge in [0.05, 0.1) is 5.69 Å². The van der Waals surface area contributed by atoms with Crippen LogP contribution < -0.4 is 0 Å². The summed E-state index contributed by atoms with van der Waals surface area (Å²) in [5.41, 5.74) is 6.61. The molecule has 0 fully saturated rings. The van der Waals surface area contributed by atoms with Crippen molar-refractivity contribution in [3.8, 4) is 32.8 Å². The molecule has 2 heteroatoms. The lowest BCUT2D eigenvalue weighted by molar-refractivity contribution is 0.864. The van der Waals surface area contributed by atoms with Gasteiger partial charge >= 0.3 is 0 Å². The van der Waals surface area contributed by atoms with E-state index < -0.39 is 5.89 Å². The molecule has 0 aliphatic heterocycles. The van der Waals surface area contributed by atoms with Gasteiger partial charge in [-0.25, -0.2) is 0 Å². The Hall–Kier alpha value is -3.23. The number of nitrogens with zero attached hydrogens (tertiary/aromatic N) is 1. The van der Waals surface area contributed by atoms with Crippen LogP contribution in [0.5, 0.6) is 0 Å². The first-order chi connectivity index (χ1) is 15.0. The maximum absolute atomic E-state index is 8.41. The monoisotopic (exact) mass is 406 g/mol. The maximum Gasteiger partial charge on any atom is 0.0705 e. The van der Waals surface area contributed by atoms with Crippen molar-refractivity contribution in [1.29, 1.82) is 0 Å². The van der Waals surface area contributed by atoms with E-state index in [-0.39, 0.29) is 0 Å². The molecule has 5 rings (SSSR count). The fraction of sp³-hybridized carbons (Fsp3) is 0.107.